The summed E-state index contributed by atoms with van der Waals surface area (Å²) < 4.78 is 0. The molecule has 0 spiro atoms. The summed E-state index contributed by atoms with van der Waals surface area (Å²) in [6, 6.07) is 10.2. The number of carboxylic acids is 1. The first-order valence-corrected chi connectivity index (χ1v) is 8.86. The summed E-state index contributed by atoms with van der Waals surface area (Å²) in [5.41, 5.74) is 1.77. The van der Waals surface area contributed by atoms with E-state index < -0.39 is 55.4 Å². The van der Waals surface area contributed by atoms with Crippen molar-refractivity contribution in [3.8, 4) is 0 Å². The molecule has 0 aliphatic rings. The monoisotopic (exact) mass is 415 g/mol. The second-order valence-electron chi connectivity index (χ2n) is 7.95. The van der Waals surface area contributed by atoms with E-state index in [2.05, 4.69) is 0 Å². The number of benzene rings is 2. The molecule has 2 atom stereocenters. The summed E-state index contributed by atoms with van der Waals surface area (Å²) >= 11 is 0. The van der Waals surface area contributed by atoms with E-state index >= 15 is 0 Å². The number of carboxylic acid groups (broad SMARTS) is 1. The van der Waals surface area contributed by atoms with Crippen LogP contribution in [-0.2, 0) is 10.3 Å². The van der Waals surface area contributed by atoms with Crippen molar-refractivity contribution in [2.45, 2.75) is 26.3 Å². The SMILES string of the molecule is CC(C)(C)C(C(=O)O)C(N)(C(=O)c1cc([N+](=O)[O-])cc([N+](=O)[O-])c1)c1ccccc1. The summed E-state index contributed by atoms with van der Waals surface area (Å²) in [5, 5.41) is 32.4. The van der Waals surface area contributed by atoms with Crippen LogP contribution in [0.3, 0.4) is 0 Å². The van der Waals surface area contributed by atoms with Gasteiger partial charge in [-0.2, -0.15) is 0 Å². The minimum absolute atomic E-state index is 0.173. The van der Waals surface area contributed by atoms with Gasteiger partial charge in [-0.3, -0.25) is 29.8 Å². The van der Waals surface area contributed by atoms with Crippen LogP contribution in [0.1, 0.15) is 36.7 Å². The third-order valence-electron chi connectivity index (χ3n) is 4.78. The minimum Gasteiger partial charge on any atom is -0.481 e. The summed E-state index contributed by atoms with van der Waals surface area (Å²) in [6.07, 6.45) is 0. The van der Waals surface area contributed by atoms with Crippen molar-refractivity contribution in [2.75, 3.05) is 0 Å². The Kier molecular flexibility index (Phi) is 6.03. The number of rotatable bonds is 7. The average Bonchev–Trinajstić information content (AvgIpc) is 2.66. The van der Waals surface area contributed by atoms with E-state index in [4.69, 9.17) is 5.73 Å². The molecule has 0 radical (unpaired) electrons. The van der Waals surface area contributed by atoms with E-state index in [-0.39, 0.29) is 5.56 Å². The lowest BCUT2D eigenvalue weighted by Gasteiger charge is -2.41. The van der Waals surface area contributed by atoms with Gasteiger partial charge in [0.25, 0.3) is 11.4 Å². The van der Waals surface area contributed by atoms with Gasteiger partial charge in [0.05, 0.1) is 21.8 Å². The Balaban J connectivity index is 2.84. The van der Waals surface area contributed by atoms with Gasteiger partial charge in [-0.05, 0) is 11.0 Å². The number of non-ortho nitro benzene ring substituents is 2. The van der Waals surface area contributed by atoms with Crippen LogP contribution in [-0.4, -0.2) is 26.7 Å². The van der Waals surface area contributed by atoms with Gasteiger partial charge in [0.2, 0.25) is 0 Å². The molecular formula is C20H21N3O7. The standard InChI is InChI=1S/C20H21N3O7/c1-19(2,3)16(18(25)26)20(21,13-7-5-4-6-8-13)17(24)12-9-14(22(27)28)11-15(10-12)23(29)30/h4-11,16H,21H2,1-3H3,(H,25,26). The molecular weight excluding hydrogens is 394 g/mol. The molecule has 10 heteroatoms. The molecule has 10 nitrogen and oxygen atoms in total. The molecule has 158 valence electrons. The van der Waals surface area contributed by atoms with Gasteiger partial charge in [0, 0.05) is 17.7 Å². The zero-order valence-corrected chi connectivity index (χ0v) is 16.6. The van der Waals surface area contributed by atoms with E-state index in [0.717, 1.165) is 18.2 Å². The Hall–Kier alpha value is -3.66. The molecule has 3 N–H and O–H groups in total. The third-order valence-corrected chi connectivity index (χ3v) is 4.78. The Labute approximate surface area is 171 Å². The fourth-order valence-electron chi connectivity index (χ4n) is 3.57. The van der Waals surface area contributed by atoms with Crippen LogP contribution in [0.2, 0.25) is 0 Å². The van der Waals surface area contributed by atoms with Crippen LogP contribution in [0.25, 0.3) is 0 Å². The van der Waals surface area contributed by atoms with E-state index in [1.165, 1.54) is 12.1 Å². The molecule has 0 amide bonds. The fourth-order valence-corrected chi connectivity index (χ4v) is 3.57. The minimum atomic E-state index is -2.14. The number of carbonyl (C=O) groups excluding carboxylic acids is 1. The Morgan fingerprint density at radius 3 is 1.80 bits per heavy atom. The van der Waals surface area contributed by atoms with E-state index in [0.29, 0.717) is 0 Å². The molecule has 2 rings (SSSR count). The van der Waals surface area contributed by atoms with Crippen LogP contribution >= 0.6 is 0 Å². The van der Waals surface area contributed by atoms with Crippen LogP contribution in [0.5, 0.6) is 0 Å². The van der Waals surface area contributed by atoms with E-state index in [9.17, 15) is 34.9 Å². The smallest absolute Gasteiger partial charge is 0.309 e. The number of aliphatic carboxylic acids is 1. The first-order chi connectivity index (χ1) is 13.8. The number of hydrogen-bond acceptors (Lipinski definition) is 7. The van der Waals surface area contributed by atoms with Gasteiger partial charge >= 0.3 is 5.97 Å². The van der Waals surface area contributed by atoms with Gasteiger partial charge in [-0.25, -0.2) is 0 Å². The van der Waals surface area contributed by atoms with Crippen LogP contribution in [0, 0.1) is 31.6 Å². The molecule has 2 aromatic rings. The second-order valence-corrected chi connectivity index (χ2v) is 7.95. The molecule has 2 aromatic carbocycles. The topological polar surface area (TPSA) is 167 Å². The van der Waals surface area contributed by atoms with Crippen molar-refractivity contribution in [1.29, 1.82) is 0 Å². The number of nitrogens with two attached hydrogens (primary N) is 1. The molecule has 0 fully saturated rings. The highest BCUT2D eigenvalue weighted by atomic mass is 16.6. The maximum Gasteiger partial charge on any atom is 0.309 e. The Bertz CT molecular complexity index is 983. The molecule has 0 heterocycles. The van der Waals surface area contributed by atoms with Crippen molar-refractivity contribution >= 4 is 23.1 Å². The number of nitrogens with zero attached hydrogens (tertiary/aromatic N) is 2. The molecule has 0 saturated carbocycles. The number of hydrogen-bond donors (Lipinski definition) is 2. The van der Waals surface area contributed by atoms with Crippen molar-refractivity contribution in [3.05, 3.63) is 79.9 Å². The van der Waals surface area contributed by atoms with Crippen molar-refractivity contribution < 1.29 is 24.5 Å². The zero-order valence-electron chi connectivity index (χ0n) is 16.6. The number of Topliss-reactive ketones (excluding diaryl/α,β-unsaturated/α-hetero) is 1. The highest BCUT2D eigenvalue weighted by Crippen LogP contribution is 2.42. The highest BCUT2D eigenvalue weighted by Gasteiger charge is 2.53. The molecule has 0 bridgehead atoms. The highest BCUT2D eigenvalue weighted by molar-refractivity contribution is 6.07. The van der Waals surface area contributed by atoms with Crippen LogP contribution < -0.4 is 5.73 Å². The van der Waals surface area contributed by atoms with Gasteiger partial charge in [-0.15, -0.1) is 0 Å². The molecule has 30 heavy (non-hydrogen) atoms. The van der Waals surface area contributed by atoms with Gasteiger partial charge in [0.15, 0.2) is 5.78 Å². The fraction of sp³-hybridized carbons (Fsp3) is 0.300. The number of nitro groups is 2. The lowest BCUT2D eigenvalue weighted by Crippen LogP contribution is -2.58. The van der Waals surface area contributed by atoms with Gasteiger partial charge in [0.1, 0.15) is 5.54 Å². The second kappa shape index (κ2) is 7.99. The molecule has 2 unspecified atom stereocenters. The summed E-state index contributed by atoms with van der Waals surface area (Å²) in [6.45, 7) is 4.79. The van der Waals surface area contributed by atoms with Crippen LogP contribution in [0.15, 0.2) is 48.5 Å². The summed E-state index contributed by atoms with van der Waals surface area (Å²) in [5.74, 6) is -3.76. The first-order valence-electron chi connectivity index (χ1n) is 8.86. The van der Waals surface area contributed by atoms with E-state index in [1.807, 2.05) is 0 Å². The predicted molar refractivity (Wildman–Crippen MR) is 107 cm³/mol. The Morgan fingerprint density at radius 2 is 1.43 bits per heavy atom. The number of ketones is 1. The van der Waals surface area contributed by atoms with Crippen molar-refractivity contribution in [1.82, 2.24) is 0 Å². The number of carbonyl (C=O) groups is 2. The largest absolute Gasteiger partial charge is 0.481 e. The molecule has 0 aromatic heterocycles. The lowest BCUT2D eigenvalue weighted by atomic mass is 9.63. The average molecular weight is 415 g/mol. The Morgan fingerprint density at radius 1 is 0.967 bits per heavy atom. The van der Waals surface area contributed by atoms with Crippen molar-refractivity contribution in [2.24, 2.45) is 17.1 Å². The first kappa shape index (κ1) is 22.6. The maximum atomic E-state index is 13.6. The normalized spacial score (nSPS) is 14.4. The lowest BCUT2D eigenvalue weighted by molar-refractivity contribution is -0.394. The van der Waals surface area contributed by atoms with Crippen molar-refractivity contribution in [3.63, 3.8) is 0 Å². The maximum absolute atomic E-state index is 13.6. The zero-order chi connectivity index (χ0) is 22.9. The summed E-state index contributed by atoms with van der Waals surface area (Å²) in [4.78, 5) is 46.5. The third kappa shape index (κ3) is 4.18. The summed E-state index contributed by atoms with van der Waals surface area (Å²) in [7, 11) is 0. The van der Waals surface area contributed by atoms with E-state index in [1.54, 1.807) is 39.0 Å². The predicted octanol–water partition coefficient (Wildman–Crippen LogP) is 3.29. The molecule has 0 saturated heterocycles. The molecule has 0 aliphatic heterocycles. The van der Waals surface area contributed by atoms with Crippen LogP contribution in [0.4, 0.5) is 11.4 Å². The quantitative estimate of drug-likeness (QED) is 0.394. The molecule has 0 aliphatic carbocycles. The number of nitro benzene ring substituents is 2. The van der Waals surface area contributed by atoms with Gasteiger partial charge < -0.3 is 10.8 Å². The van der Waals surface area contributed by atoms with Gasteiger partial charge in [-0.1, -0.05) is 51.1 Å².